The van der Waals surface area contributed by atoms with Crippen LogP contribution in [0.2, 0.25) is 0 Å². The third-order valence-electron chi connectivity index (χ3n) is 4.66. The molecule has 2 atom stereocenters. The summed E-state index contributed by atoms with van der Waals surface area (Å²) >= 11 is 0.926. The van der Waals surface area contributed by atoms with E-state index in [0.717, 1.165) is 41.1 Å². The quantitative estimate of drug-likeness (QED) is 0.362. The molecule has 3 aromatic rings. The van der Waals surface area contributed by atoms with Crippen LogP contribution in [0.5, 0.6) is 0 Å². The molecule has 3 rings (SSSR count). The number of aliphatic carboxylic acids is 1. The third kappa shape index (κ3) is 4.58. The van der Waals surface area contributed by atoms with Crippen LogP contribution < -0.4 is 0 Å². The maximum atomic E-state index is 15.6. The van der Waals surface area contributed by atoms with Gasteiger partial charge in [-0.15, -0.1) is 16.9 Å². The van der Waals surface area contributed by atoms with Gasteiger partial charge in [0.2, 0.25) is 0 Å². The zero-order valence-electron chi connectivity index (χ0n) is 16.5. The number of pyridine rings is 1. The molecule has 0 aliphatic carbocycles. The minimum Gasteiger partial charge on any atom is -0.480 e. The first-order valence-electron chi connectivity index (χ1n) is 9.21. The largest absolute Gasteiger partial charge is 0.480 e. The second kappa shape index (κ2) is 9.20. The lowest BCUT2D eigenvalue weighted by Gasteiger charge is -2.35. The zero-order valence-corrected chi connectivity index (χ0v) is 17.3. The Balaban J connectivity index is 2.02. The Morgan fingerprint density at radius 3 is 2.53 bits per heavy atom. The van der Waals surface area contributed by atoms with Crippen LogP contribution in [0, 0.1) is 11.6 Å². The van der Waals surface area contributed by atoms with Gasteiger partial charge in [-0.05, 0) is 41.1 Å². The molecule has 0 aliphatic heterocycles. The second-order valence-electron chi connectivity index (χ2n) is 6.80. The summed E-state index contributed by atoms with van der Waals surface area (Å²) in [7, 11) is 0. The number of alkyl halides is 2. The van der Waals surface area contributed by atoms with Crippen LogP contribution in [0.4, 0.5) is 17.6 Å². The average molecular weight is 471 g/mol. The van der Waals surface area contributed by atoms with Gasteiger partial charge in [0.1, 0.15) is 28.9 Å². The van der Waals surface area contributed by atoms with Crippen molar-refractivity contribution in [2.24, 2.45) is 0 Å². The molecule has 32 heavy (non-hydrogen) atoms. The number of aromatic nitrogens is 5. The Labute approximate surface area is 183 Å². The molecule has 13 heteroatoms. The van der Waals surface area contributed by atoms with E-state index in [-0.39, 0.29) is 0 Å². The van der Waals surface area contributed by atoms with Crippen LogP contribution >= 0.6 is 11.8 Å². The van der Waals surface area contributed by atoms with Gasteiger partial charge in [-0.2, -0.15) is 8.78 Å². The van der Waals surface area contributed by atoms with Crippen molar-refractivity contribution in [1.82, 2.24) is 25.2 Å². The van der Waals surface area contributed by atoms with Gasteiger partial charge >= 0.3 is 11.9 Å². The Morgan fingerprint density at radius 2 is 2.00 bits per heavy atom. The molecular weight excluding hydrogens is 454 g/mol. The van der Waals surface area contributed by atoms with Gasteiger partial charge in [-0.3, -0.25) is 9.78 Å². The number of carbonyl (C=O) groups is 1. The summed E-state index contributed by atoms with van der Waals surface area (Å²) in [6, 6.07) is 3.96. The van der Waals surface area contributed by atoms with E-state index >= 15 is 8.78 Å². The molecule has 8 nitrogen and oxygen atoms in total. The molecule has 170 valence electrons. The fraction of sp³-hybridized carbons (Fsp3) is 0.316. The summed E-state index contributed by atoms with van der Waals surface area (Å²) in [5.41, 5.74) is -5.03. The molecule has 0 aliphatic rings. The van der Waals surface area contributed by atoms with E-state index in [4.69, 9.17) is 5.11 Å². The van der Waals surface area contributed by atoms with E-state index in [1.165, 1.54) is 6.07 Å². The van der Waals surface area contributed by atoms with Crippen molar-refractivity contribution < 1.29 is 32.6 Å². The summed E-state index contributed by atoms with van der Waals surface area (Å²) in [6.45, 7) is 0.697. The van der Waals surface area contributed by atoms with Crippen LogP contribution in [0.25, 0.3) is 0 Å². The zero-order chi connectivity index (χ0) is 23.5. The second-order valence-corrected chi connectivity index (χ2v) is 8.07. The van der Waals surface area contributed by atoms with Crippen molar-refractivity contribution >= 4 is 17.7 Å². The highest BCUT2D eigenvalue weighted by molar-refractivity contribution is 8.00. The standard InChI is InChI=1S/C19H17F4N5O3S/c1-2-15(17(29)30)32-12-4-6-16(24-8-12)19(22,23)18(31,9-28-10-25-26-27-28)13-5-3-11(20)7-14(13)21/h3-8,10,15,31H,2,9H2,1H3,(H,29,30). The van der Waals surface area contributed by atoms with Crippen molar-refractivity contribution in [3.63, 3.8) is 0 Å². The van der Waals surface area contributed by atoms with E-state index in [1.807, 2.05) is 0 Å². The molecule has 0 fully saturated rings. The Bertz CT molecular complexity index is 1090. The Hall–Kier alpha value is -3.06. The molecule has 0 radical (unpaired) electrons. The summed E-state index contributed by atoms with van der Waals surface area (Å²) in [5, 5.41) is 29.5. The fourth-order valence-corrected chi connectivity index (χ4v) is 3.84. The number of carboxylic acids is 1. The molecule has 2 heterocycles. The van der Waals surface area contributed by atoms with E-state index < -0.39 is 52.2 Å². The lowest BCUT2D eigenvalue weighted by atomic mass is 9.84. The monoisotopic (exact) mass is 471 g/mol. The smallest absolute Gasteiger partial charge is 0.323 e. The number of carboxylic acid groups (broad SMARTS) is 1. The SMILES string of the molecule is CCC(Sc1ccc(C(F)(F)C(O)(Cn2cnnn2)c2ccc(F)cc2F)nc1)C(=O)O. The van der Waals surface area contributed by atoms with Crippen molar-refractivity contribution in [2.75, 3.05) is 0 Å². The van der Waals surface area contributed by atoms with Crippen molar-refractivity contribution in [2.45, 2.75) is 41.6 Å². The third-order valence-corrected chi connectivity index (χ3v) is 5.99. The highest BCUT2D eigenvalue weighted by atomic mass is 32.2. The number of halogens is 4. The van der Waals surface area contributed by atoms with Gasteiger partial charge in [0, 0.05) is 22.7 Å². The number of rotatable bonds is 9. The molecule has 0 bridgehead atoms. The minimum absolute atomic E-state index is 0.299. The number of thioether (sulfide) groups is 1. The highest BCUT2D eigenvalue weighted by Crippen LogP contribution is 2.46. The molecular formula is C19H17F4N5O3S. The average Bonchev–Trinajstić information content (AvgIpc) is 3.24. The van der Waals surface area contributed by atoms with Crippen molar-refractivity contribution in [3.05, 3.63) is 65.7 Å². The number of nitrogens with zero attached hydrogens (tertiary/aromatic N) is 5. The predicted molar refractivity (Wildman–Crippen MR) is 104 cm³/mol. The molecule has 0 amide bonds. The fourth-order valence-electron chi connectivity index (χ4n) is 2.99. The lowest BCUT2D eigenvalue weighted by molar-refractivity contribution is -0.207. The van der Waals surface area contributed by atoms with Crippen LogP contribution in [0.3, 0.4) is 0 Å². The maximum absolute atomic E-state index is 15.6. The number of hydrogen-bond donors (Lipinski definition) is 2. The molecule has 1 aromatic carbocycles. The number of benzene rings is 1. The van der Waals surface area contributed by atoms with Gasteiger partial charge in [0.15, 0.2) is 5.60 Å². The van der Waals surface area contributed by atoms with Gasteiger partial charge in [0.25, 0.3) is 0 Å². The Morgan fingerprint density at radius 1 is 1.25 bits per heavy atom. The van der Waals surface area contributed by atoms with Crippen molar-refractivity contribution in [3.8, 4) is 0 Å². The van der Waals surface area contributed by atoms with E-state index in [1.54, 1.807) is 6.92 Å². The first-order valence-corrected chi connectivity index (χ1v) is 10.1. The van der Waals surface area contributed by atoms with Crippen LogP contribution in [0.15, 0.2) is 47.8 Å². The van der Waals surface area contributed by atoms with Crippen LogP contribution in [0.1, 0.15) is 24.6 Å². The first-order chi connectivity index (χ1) is 15.1. The number of hydrogen-bond acceptors (Lipinski definition) is 7. The van der Waals surface area contributed by atoms with E-state index in [9.17, 15) is 18.7 Å². The normalized spacial score (nSPS) is 14.7. The summed E-state index contributed by atoms with van der Waals surface area (Å²) in [5.74, 6) is -7.64. The van der Waals surface area contributed by atoms with Gasteiger partial charge in [-0.1, -0.05) is 6.92 Å². The topological polar surface area (TPSA) is 114 Å². The van der Waals surface area contributed by atoms with E-state index in [0.29, 0.717) is 23.4 Å². The summed E-state index contributed by atoms with van der Waals surface area (Å²) < 4.78 is 59.8. The first kappa shape index (κ1) is 23.6. The van der Waals surface area contributed by atoms with Crippen LogP contribution in [-0.4, -0.2) is 46.6 Å². The Kier molecular flexibility index (Phi) is 6.79. The molecule has 2 aromatic heterocycles. The summed E-state index contributed by atoms with van der Waals surface area (Å²) in [4.78, 5) is 15.2. The number of aliphatic hydroxyl groups is 1. The lowest BCUT2D eigenvalue weighted by Crippen LogP contribution is -2.48. The highest BCUT2D eigenvalue weighted by Gasteiger charge is 2.58. The van der Waals surface area contributed by atoms with Crippen molar-refractivity contribution in [1.29, 1.82) is 0 Å². The maximum Gasteiger partial charge on any atom is 0.323 e. The number of tetrazole rings is 1. The van der Waals surface area contributed by atoms with Crippen LogP contribution in [-0.2, 0) is 22.9 Å². The molecule has 0 spiro atoms. The molecule has 0 saturated heterocycles. The molecule has 2 N–H and O–H groups in total. The molecule has 0 saturated carbocycles. The van der Waals surface area contributed by atoms with E-state index in [2.05, 4.69) is 20.5 Å². The van der Waals surface area contributed by atoms with Gasteiger partial charge < -0.3 is 10.2 Å². The predicted octanol–water partition coefficient (Wildman–Crippen LogP) is 2.98. The van der Waals surface area contributed by atoms with Gasteiger partial charge in [-0.25, -0.2) is 13.5 Å². The molecule has 2 unspecified atom stereocenters. The van der Waals surface area contributed by atoms with Gasteiger partial charge in [0.05, 0.1) is 6.54 Å². The minimum atomic E-state index is -4.18. The summed E-state index contributed by atoms with van der Waals surface area (Å²) in [6.07, 6.45) is 2.29.